The number of hydrogen-bond acceptors (Lipinski definition) is 6. The summed E-state index contributed by atoms with van der Waals surface area (Å²) in [6, 6.07) is 4.09. The van der Waals surface area contributed by atoms with Gasteiger partial charge in [-0.25, -0.2) is 13.2 Å². The molecule has 0 saturated carbocycles. The SMILES string of the molecule is COC(=O)COc1ccc(S(=O)(=O)N(C)C(C)C(=O)O)cc1. The number of ether oxygens (including phenoxy) is 2. The van der Waals surface area contributed by atoms with Crippen molar-refractivity contribution in [2.45, 2.75) is 17.9 Å². The number of rotatable bonds is 7. The van der Waals surface area contributed by atoms with Gasteiger partial charge in [-0.2, -0.15) is 4.31 Å². The number of carbonyl (C=O) groups is 2. The van der Waals surface area contributed by atoms with E-state index < -0.39 is 28.0 Å². The van der Waals surface area contributed by atoms with Crippen molar-refractivity contribution in [1.29, 1.82) is 0 Å². The maximum absolute atomic E-state index is 12.2. The van der Waals surface area contributed by atoms with E-state index in [1.807, 2.05) is 0 Å². The summed E-state index contributed by atoms with van der Waals surface area (Å²) in [5.41, 5.74) is 0. The molecular weight excluding hydrogens is 314 g/mol. The number of hydrogen-bond donors (Lipinski definition) is 1. The molecule has 0 saturated heterocycles. The van der Waals surface area contributed by atoms with Gasteiger partial charge in [0.05, 0.1) is 12.0 Å². The van der Waals surface area contributed by atoms with Crippen LogP contribution in [0.15, 0.2) is 29.2 Å². The van der Waals surface area contributed by atoms with Crippen LogP contribution in [-0.4, -0.2) is 56.6 Å². The standard InChI is InChI=1S/C13H17NO7S/c1-9(13(16)17)14(2)22(18,19)11-6-4-10(5-7-11)21-8-12(15)20-3/h4-7,9H,8H2,1-3H3,(H,16,17). The molecule has 0 amide bonds. The van der Waals surface area contributed by atoms with E-state index in [9.17, 15) is 18.0 Å². The molecule has 0 aromatic heterocycles. The minimum atomic E-state index is -3.93. The van der Waals surface area contributed by atoms with Crippen molar-refractivity contribution in [3.63, 3.8) is 0 Å². The molecule has 22 heavy (non-hydrogen) atoms. The van der Waals surface area contributed by atoms with Crippen LogP contribution in [0, 0.1) is 0 Å². The lowest BCUT2D eigenvalue weighted by molar-refractivity contribution is -0.143. The van der Waals surface area contributed by atoms with E-state index in [2.05, 4.69) is 4.74 Å². The van der Waals surface area contributed by atoms with Crippen LogP contribution in [0.5, 0.6) is 5.75 Å². The maximum Gasteiger partial charge on any atom is 0.343 e. The number of likely N-dealkylation sites (N-methyl/N-ethyl adjacent to an activating group) is 1. The molecule has 0 bridgehead atoms. The molecule has 0 aliphatic heterocycles. The smallest absolute Gasteiger partial charge is 0.343 e. The van der Waals surface area contributed by atoms with Gasteiger partial charge in [-0.05, 0) is 31.2 Å². The Kier molecular flexibility index (Phi) is 5.89. The molecule has 0 spiro atoms. The summed E-state index contributed by atoms with van der Waals surface area (Å²) >= 11 is 0. The Morgan fingerprint density at radius 1 is 1.27 bits per heavy atom. The zero-order valence-electron chi connectivity index (χ0n) is 12.3. The van der Waals surface area contributed by atoms with Crippen molar-refractivity contribution in [3.8, 4) is 5.75 Å². The first-order chi connectivity index (χ1) is 10.2. The van der Waals surface area contributed by atoms with Crippen LogP contribution in [0.2, 0.25) is 0 Å². The summed E-state index contributed by atoms with van der Waals surface area (Å²) < 4.78 is 34.8. The molecule has 8 nitrogen and oxygen atoms in total. The van der Waals surface area contributed by atoms with E-state index in [1.54, 1.807) is 0 Å². The van der Waals surface area contributed by atoms with Gasteiger partial charge in [0, 0.05) is 7.05 Å². The molecule has 0 radical (unpaired) electrons. The lowest BCUT2D eigenvalue weighted by Gasteiger charge is -2.21. The molecular formula is C13H17NO7S. The average Bonchev–Trinajstić information content (AvgIpc) is 2.51. The number of esters is 1. The number of nitrogens with zero attached hydrogens (tertiary/aromatic N) is 1. The highest BCUT2D eigenvalue weighted by Gasteiger charge is 2.29. The predicted octanol–water partition coefficient (Wildman–Crippen LogP) is 0.332. The van der Waals surface area contributed by atoms with Crippen LogP contribution in [0.1, 0.15) is 6.92 Å². The summed E-state index contributed by atoms with van der Waals surface area (Å²) in [4.78, 5) is 21.7. The highest BCUT2D eigenvalue weighted by molar-refractivity contribution is 7.89. The Morgan fingerprint density at radius 3 is 2.27 bits per heavy atom. The fourth-order valence-electron chi connectivity index (χ4n) is 1.44. The number of benzene rings is 1. The Bertz CT molecular complexity index is 639. The van der Waals surface area contributed by atoms with Gasteiger partial charge in [0.2, 0.25) is 10.0 Å². The van der Waals surface area contributed by atoms with Crippen LogP contribution in [0.4, 0.5) is 0 Å². The van der Waals surface area contributed by atoms with Crippen LogP contribution in [-0.2, 0) is 24.3 Å². The van der Waals surface area contributed by atoms with E-state index >= 15 is 0 Å². The minimum Gasteiger partial charge on any atom is -0.482 e. The predicted molar refractivity (Wildman–Crippen MR) is 76.0 cm³/mol. The molecule has 0 aliphatic rings. The van der Waals surface area contributed by atoms with E-state index in [-0.39, 0.29) is 11.5 Å². The molecule has 1 rings (SSSR count). The van der Waals surface area contributed by atoms with Gasteiger partial charge in [0.1, 0.15) is 11.8 Å². The number of aliphatic carboxylic acids is 1. The molecule has 0 aliphatic carbocycles. The molecule has 1 aromatic rings. The van der Waals surface area contributed by atoms with Crippen molar-refractivity contribution in [1.82, 2.24) is 4.31 Å². The zero-order valence-corrected chi connectivity index (χ0v) is 13.2. The van der Waals surface area contributed by atoms with Gasteiger partial charge >= 0.3 is 11.9 Å². The van der Waals surface area contributed by atoms with Crippen LogP contribution < -0.4 is 4.74 Å². The van der Waals surface area contributed by atoms with Crippen molar-refractivity contribution < 1.29 is 32.6 Å². The first-order valence-electron chi connectivity index (χ1n) is 6.20. The molecule has 1 unspecified atom stereocenters. The third-order valence-corrected chi connectivity index (χ3v) is 4.93. The average molecular weight is 331 g/mol. The summed E-state index contributed by atoms with van der Waals surface area (Å²) in [5.74, 6) is -1.52. The third kappa shape index (κ3) is 4.18. The number of sulfonamides is 1. The molecule has 122 valence electrons. The largest absolute Gasteiger partial charge is 0.482 e. The van der Waals surface area contributed by atoms with E-state index in [0.29, 0.717) is 5.75 Å². The first kappa shape index (κ1) is 17.9. The maximum atomic E-state index is 12.2. The minimum absolute atomic E-state index is 0.0754. The van der Waals surface area contributed by atoms with Crippen LogP contribution >= 0.6 is 0 Å². The van der Waals surface area contributed by atoms with Crippen LogP contribution in [0.25, 0.3) is 0 Å². The van der Waals surface area contributed by atoms with Gasteiger partial charge < -0.3 is 14.6 Å². The first-order valence-corrected chi connectivity index (χ1v) is 7.64. The van der Waals surface area contributed by atoms with E-state index in [4.69, 9.17) is 9.84 Å². The lowest BCUT2D eigenvalue weighted by Crippen LogP contribution is -2.40. The van der Waals surface area contributed by atoms with E-state index in [0.717, 1.165) is 4.31 Å². The summed E-state index contributed by atoms with van der Waals surface area (Å²) in [6.45, 7) is 0.978. The molecule has 1 N–H and O–H groups in total. The van der Waals surface area contributed by atoms with Crippen LogP contribution in [0.3, 0.4) is 0 Å². The fourth-order valence-corrected chi connectivity index (χ4v) is 2.76. The van der Waals surface area contributed by atoms with Crippen molar-refractivity contribution >= 4 is 22.0 Å². The Morgan fingerprint density at radius 2 is 1.82 bits per heavy atom. The van der Waals surface area contributed by atoms with Gasteiger partial charge in [0.15, 0.2) is 6.61 Å². The lowest BCUT2D eigenvalue weighted by atomic mass is 10.3. The van der Waals surface area contributed by atoms with Crippen molar-refractivity contribution in [2.75, 3.05) is 20.8 Å². The summed E-state index contributed by atoms with van der Waals surface area (Å²) in [6.07, 6.45) is 0. The highest BCUT2D eigenvalue weighted by atomic mass is 32.2. The third-order valence-electron chi connectivity index (χ3n) is 2.99. The van der Waals surface area contributed by atoms with Gasteiger partial charge in [-0.3, -0.25) is 4.79 Å². The molecule has 1 aromatic carbocycles. The number of carboxylic acids is 1. The van der Waals surface area contributed by atoms with Crippen molar-refractivity contribution in [3.05, 3.63) is 24.3 Å². The van der Waals surface area contributed by atoms with Crippen molar-refractivity contribution in [2.24, 2.45) is 0 Å². The van der Waals surface area contributed by atoms with Gasteiger partial charge in [0.25, 0.3) is 0 Å². The Balaban J connectivity index is 2.89. The normalized spacial score (nSPS) is 12.7. The monoisotopic (exact) mass is 331 g/mol. The zero-order chi connectivity index (χ0) is 16.9. The quantitative estimate of drug-likeness (QED) is 0.717. The summed E-state index contributed by atoms with van der Waals surface area (Å²) in [5, 5.41) is 8.88. The van der Waals surface area contributed by atoms with E-state index in [1.165, 1.54) is 45.3 Å². The number of methoxy groups -OCH3 is 1. The fraction of sp³-hybridized carbons (Fsp3) is 0.385. The topological polar surface area (TPSA) is 110 Å². The highest BCUT2D eigenvalue weighted by Crippen LogP contribution is 2.20. The second-order valence-electron chi connectivity index (χ2n) is 4.37. The van der Waals surface area contributed by atoms with Gasteiger partial charge in [-0.15, -0.1) is 0 Å². The number of carbonyl (C=O) groups excluding carboxylic acids is 1. The molecule has 0 fully saturated rings. The molecule has 9 heteroatoms. The Labute approximate surface area is 128 Å². The molecule has 0 heterocycles. The Hall–Kier alpha value is -2.13. The molecule has 1 atom stereocenters. The summed E-state index contributed by atoms with van der Waals surface area (Å²) in [7, 11) is -1.52. The number of carboxylic acid groups (broad SMARTS) is 1. The second kappa shape index (κ2) is 7.23. The van der Waals surface area contributed by atoms with Gasteiger partial charge in [-0.1, -0.05) is 0 Å². The second-order valence-corrected chi connectivity index (χ2v) is 6.37.